The standard InChI is InChI=1S/C7H14OS2/c1-4-8-7(9)10-5-6(2)3/h6H,4-5H2,1-3H3. The van der Waals surface area contributed by atoms with Crippen molar-refractivity contribution in [2.75, 3.05) is 12.4 Å². The van der Waals surface area contributed by atoms with Crippen LogP contribution in [0.2, 0.25) is 0 Å². The fourth-order valence-electron chi connectivity index (χ4n) is 0.394. The zero-order chi connectivity index (χ0) is 7.98. The lowest BCUT2D eigenvalue weighted by molar-refractivity contribution is 0.346. The predicted octanol–water partition coefficient (Wildman–Crippen LogP) is 2.70. The van der Waals surface area contributed by atoms with E-state index < -0.39 is 0 Å². The van der Waals surface area contributed by atoms with Crippen LogP contribution in [0.3, 0.4) is 0 Å². The molecular weight excluding hydrogens is 164 g/mol. The lowest BCUT2D eigenvalue weighted by Gasteiger charge is -2.05. The van der Waals surface area contributed by atoms with Crippen LogP contribution in [0, 0.1) is 5.92 Å². The van der Waals surface area contributed by atoms with E-state index >= 15 is 0 Å². The molecule has 0 aliphatic carbocycles. The van der Waals surface area contributed by atoms with Gasteiger partial charge in [0.05, 0.1) is 6.61 Å². The summed E-state index contributed by atoms with van der Waals surface area (Å²) in [6.45, 7) is 6.97. The number of rotatable bonds is 3. The Labute approximate surface area is 72.5 Å². The van der Waals surface area contributed by atoms with Crippen LogP contribution in [0.5, 0.6) is 0 Å². The second-order valence-electron chi connectivity index (χ2n) is 2.39. The van der Waals surface area contributed by atoms with E-state index in [9.17, 15) is 0 Å². The number of hydrogen-bond donors (Lipinski definition) is 0. The second kappa shape index (κ2) is 5.98. The van der Waals surface area contributed by atoms with Gasteiger partial charge in [-0.1, -0.05) is 25.6 Å². The highest BCUT2D eigenvalue weighted by atomic mass is 32.2. The molecular formula is C7H14OS2. The largest absolute Gasteiger partial charge is 0.479 e. The van der Waals surface area contributed by atoms with E-state index in [1.54, 1.807) is 11.8 Å². The van der Waals surface area contributed by atoms with Crippen molar-refractivity contribution in [3.8, 4) is 0 Å². The van der Waals surface area contributed by atoms with Crippen molar-refractivity contribution in [1.82, 2.24) is 0 Å². The maximum Gasteiger partial charge on any atom is 0.219 e. The molecule has 0 N–H and O–H groups in total. The first kappa shape index (κ1) is 10.2. The van der Waals surface area contributed by atoms with Crippen molar-refractivity contribution < 1.29 is 4.74 Å². The molecule has 0 aliphatic rings. The van der Waals surface area contributed by atoms with Crippen molar-refractivity contribution in [3.05, 3.63) is 0 Å². The van der Waals surface area contributed by atoms with Gasteiger partial charge in [0.15, 0.2) is 0 Å². The summed E-state index contributed by atoms with van der Waals surface area (Å²) >= 11 is 6.53. The summed E-state index contributed by atoms with van der Waals surface area (Å²) in [5, 5.41) is 0. The van der Waals surface area contributed by atoms with Gasteiger partial charge in [-0.2, -0.15) is 0 Å². The average Bonchev–Trinajstić information content (AvgIpc) is 1.85. The molecule has 3 heteroatoms. The molecule has 0 spiro atoms. The Morgan fingerprint density at radius 2 is 2.20 bits per heavy atom. The van der Waals surface area contributed by atoms with Crippen LogP contribution < -0.4 is 0 Å². The molecule has 0 saturated carbocycles. The lowest BCUT2D eigenvalue weighted by Crippen LogP contribution is -2.00. The highest BCUT2D eigenvalue weighted by Crippen LogP contribution is 2.10. The van der Waals surface area contributed by atoms with E-state index in [0.29, 0.717) is 16.9 Å². The highest BCUT2D eigenvalue weighted by Gasteiger charge is 1.98. The van der Waals surface area contributed by atoms with E-state index in [4.69, 9.17) is 17.0 Å². The Hall–Kier alpha value is 0.240. The van der Waals surface area contributed by atoms with Crippen molar-refractivity contribution in [3.63, 3.8) is 0 Å². The molecule has 10 heavy (non-hydrogen) atoms. The summed E-state index contributed by atoms with van der Waals surface area (Å²) < 4.78 is 5.76. The molecule has 0 saturated heterocycles. The molecule has 0 fully saturated rings. The molecule has 0 unspecified atom stereocenters. The summed E-state index contributed by atoms with van der Waals surface area (Å²) in [4.78, 5) is 0. The summed E-state index contributed by atoms with van der Waals surface area (Å²) in [7, 11) is 0. The van der Waals surface area contributed by atoms with E-state index in [-0.39, 0.29) is 0 Å². The quantitative estimate of drug-likeness (QED) is 0.615. The van der Waals surface area contributed by atoms with Crippen LogP contribution in [0.25, 0.3) is 0 Å². The van der Waals surface area contributed by atoms with Gasteiger partial charge in [0.25, 0.3) is 0 Å². The van der Waals surface area contributed by atoms with Crippen LogP contribution in [0.4, 0.5) is 0 Å². The summed E-state index contributed by atoms with van der Waals surface area (Å²) in [6, 6.07) is 0. The van der Waals surface area contributed by atoms with Gasteiger partial charge in [0.2, 0.25) is 4.38 Å². The highest BCUT2D eigenvalue weighted by molar-refractivity contribution is 8.22. The first-order valence-corrected chi connectivity index (χ1v) is 4.85. The maximum atomic E-state index is 5.09. The third-order valence-corrected chi connectivity index (χ3v) is 2.45. The number of thioether (sulfide) groups is 1. The Morgan fingerprint density at radius 1 is 1.60 bits per heavy atom. The maximum absolute atomic E-state index is 5.09. The van der Waals surface area contributed by atoms with Crippen molar-refractivity contribution >= 4 is 28.4 Å². The van der Waals surface area contributed by atoms with Crippen molar-refractivity contribution in [1.29, 1.82) is 0 Å². The normalized spacial score (nSPS) is 10.0. The van der Waals surface area contributed by atoms with Gasteiger partial charge >= 0.3 is 0 Å². The van der Waals surface area contributed by atoms with E-state index in [0.717, 1.165) is 5.75 Å². The topological polar surface area (TPSA) is 9.23 Å². The smallest absolute Gasteiger partial charge is 0.219 e. The number of thiocarbonyl (C=S) groups is 1. The zero-order valence-electron chi connectivity index (χ0n) is 6.72. The SMILES string of the molecule is CCOC(=S)SCC(C)C. The fourth-order valence-corrected chi connectivity index (χ4v) is 1.39. The molecule has 0 heterocycles. The molecule has 0 atom stereocenters. The molecule has 0 aromatic heterocycles. The zero-order valence-corrected chi connectivity index (χ0v) is 8.35. The Balaban J connectivity index is 3.22. The van der Waals surface area contributed by atoms with E-state index in [1.807, 2.05) is 6.92 Å². The molecule has 0 rings (SSSR count). The average molecular weight is 178 g/mol. The molecule has 0 aromatic carbocycles. The Kier molecular flexibility index (Phi) is 6.13. The van der Waals surface area contributed by atoms with Gasteiger partial charge in [-0.15, -0.1) is 0 Å². The second-order valence-corrected chi connectivity index (χ2v) is 4.01. The Morgan fingerprint density at radius 3 is 2.60 bits per heavy atom. The van der Waals surface area contributed by atoms with Crippen LogP contribution in [0.1, 0.15) is 20.8 Å². The van der Waals surface area contributed by atoms with Crippen LogP contribution >= 0.6 is 24.0 Å². The van der Waals surface area contributed by atoms with Crippen LogP contribution in [0.15, 0.2) is 0 Å². The third-order valence-electron chi connectivity index (χ3n) is 0.797. The summed E-state index contributed by atoms with van der Waals surface area (Å²) in [5.74, 6) is 1.74. The van der Waals surface area contributed by atoms with Gasteiger partial charge in [0.1, 0.15) is 0 Å². The van der Waals surface area contributed by atoms with Gasteiger partial charge in [-0.25, -0.2) is 0 Å². The third kappa shape index (κ3) is 6.36. The summed E-state index contributed by atoms with van der Waals surface area (Å²) in [6.07, 6.45) is 0. The van der Waals surface area contributed by atoms with Crippen molar-refractivity contribution in [2.24, 2.45) is 5.92 Å². The van der Waals surface area contributed by atoms with Gasteiger partial charge in [-0.3, -0.25) is 0 Å². The van der Waals surface area contributed by atoms with Crippen LogP contribution in [-0.4, -0.2) is 16.7 Å². The van der Waals surface area contributed by atoms with E-state index in [1.165, 1.54) is 0 Å². The molecule has 0 aliphatic heterocycles. The molecule has 0 radical (unpaired) electrons. The minimum absolute atomic E-state index is 0.677. The number of hydrogen-bond acceptors (Lipinski definition) is 3. The first-order valence-electron chi connectivity index (χ1n) is 3.46. The predicted molar refractivity (Wildman–Crippen MR) is 51.5 cm³/mol. The first-order chi connectivity index (χ1) is 4.66. The Bertz CT molecular complexity index is 102. The minimum atomic E-state index is 0.677. The monoisotopic (exact) mass is 178 g/mol. The van der Waals surface area contributed by atoms with Gasteiger partial charge in [-0.05, 0) is 25.1 Å². The minimum Gasteiger partial charge on any atom is -0.479 e. The molecule has 0 aromatic rings. The molecule has 0 bridgehead atoms. The van der Waals surface area contributed by atoms with Crippen LogP contribution in [-0.2, 0) is 4.74 Å². The lowest BCUT2D eigenvalue weighted by atomic mass is 10.3. The van der Waals surface area contributed by atoms with Crippen molar-refractivity contribution in [2.45, 2.75) is 20.8 Å². The number of ether oxygens (including phenoxy) is 1. The van der Waals surface area contributed by atoms with Gasteiger partial charge < -0.3 is 4.74 Å². The fraction of sp³-hybridized carbons (Fsp3) is 0.857. The molecule has 0 amide bonds. The molecule has 60 valence electrons. The van der Waals surface area contributed by atoms with E-state index in [2.05, 4.69) is 13.8 Å². The van der Waals surface area contributed by atoms with Gasteiger partial charge in [0, 0.05) is 5.75 Å². The summed E-state index contributed by atoms with van der Waals surface area (Å²) in [5.41, 5.74) is 0. The molecule has 1 nitrogen and oxygen atoms in total.